The second-order valence-electron chi connectivity index (χ2n) is 4.41. The number of nitrogens with one attached hydrogen (secondary N) is 2. The van der Waals surface area contributed by atoms with E-state index in [0.29, 0.717) is 12.4 Å². The highest BCUT2D eigenvalue weighted by Crippen LogP contribution is 2.08. The summed E-state index contributed by atoms with van der Waals surface area (Å²) < 4.78 is 24.8. The molecular formula is C9H17N5O2S. The molecule has 0 aliphatic heterocycles. The first-order chi connectivity index (χ1) is 7.68. The zero-order valence-corrected chi connectivity index (χ0v) is 10.9. The second kappa shape index (κ2) is 4.84. The van der Waals surface area contributed by atoms with Crippen molar-refractivity contribution in [3.05, 3.63) is 12.3 Å². The van der Waals surface area contributed by atoms with Gasteiger partial charge < -0.3 is 11.1 Å². The largest absolute Gasteiger partial charge is 0.368 e. The van der Waals surface area contributed by atoms with Crippen LogP contribution in [-0.2, 0) is 10.0 Å². The van der Waals surface area contributed by atoms with Crippen LogP contribution in [0.15, 0.2) is 12.3 Å². The molecule has 4 N–H and O–H groups in total. The van der Waals surface area contributed by atoms with Crippen molar-refractivity contribution in [2.45, 2.75) is 19.4 Å². The van der Waals surface area contributed by atoms with Crippen LogP contribution in [0.1, 0.15) is 13.8 Å². The lowest BCUT2D eigenvalue weighted by atomic mass is 10.1. The number of anilines is 2. The van der Waals surface area contributed by atoms with E-state index in [1.54, 1.807) is 19.9 Å². The van der Waals surface area contributed by atoms with Crippen molar-refractivity contribution in [3.63, 3.8) is 0 Å². The second-order valence-corrected chi connectivity index (χ2v) is 6.16. The number of hydrogen-bond donors (Lipinski definition) is 3. The highest BCUT2D eigenvalue weighted by molar-refractivity contribution is 7.88. The van der Waals surface area contributed by atoms with E-state index in [4.69, 9.17) is 5.73 Å². The van der Waals surface area contributed by atoms with E-state index < -0.39 is 15.6 Å². The first-order valence-electron chi connectivity index (χ1n) is 4.99. The van der Waals surface area contributed by atoms with Gasteiger partial charge in [0.25, 0.3) is 0 Å². The number of aromatic nitrogens is 2. The highest BCUT2D eigenvalue weighted by Gasteiger charge is 2.21. The number of rotatable bonds is 5. The normalized spacial score (nSPS) is 12.4. The number of sulfonamides is 1. The lowest BCUT2D eigenvalue weighted by Crippen LogP contribution is -2.47. The maximum Gasteiger partial charge on any atom is 0.221 e. The smallest absolute Gasteiger partial charge is 0.221 e. The Bertz CT molecular complexity index is 486. The van der Waals surface area contributed by atoms with Crippen molar-refractivity contribution < 1.29 is 8.42 Å². The summed E-state index contributed by atoms with van der Waals surface area (Å²) in [6.07, 6.45) is 2.65. The minimum Gasteiger partial charge on any atom is -0.368 e. The van der Waals surface area contributed by atoms with E-state index in [1.807, 2.05) is 0 Å². The average Bonchev–Trinajstić information content (AvgIpc) is 2.11. The third kappa shape index (κ3) is 5.45. The SMILES string of the molecule is CC(C)(CNc1ccnc(N)n1)NS(C)(=O)=O. The molecule has 0 saturated heterocycles. The summed E-state index contributed by atoms with van der Waals surface area (Å²) in [6, 6.07) is 1.66. The van der Waals surface area contributed by atoms with E-state index in [2.05, 4.69) is 20.0 Å². The molecule has 8 heteroatoms. The molecule has 1 aromatic heterocycles. The van der Waals surface area contributed by atoms with Gasteiger partial charge in [-0.1, -0.05) is 0 Å². The summed E-state index contributed by atoms with van der Waals surface area (Å²) in [7, 11) is -3.24. The van der Waals surface area contributed by atoms with Crippen molar-refractivity contribution in [1.82, 2.24) is 14.7 Å². The monoisotopic (exact) mass is 259 g/mol. The van der Waals surface area contributed by atoms with Gasteiger partial charge in [0.2, 0.25) is 16.0 Å². The fourth-order valence-electron chi connectivity index (χ4n) is 1.32. The van der Waals surface area contributed by atoms with E-state index >= 15 is 0 Å². The van der Waals surface area contributed by atoms with Gasteiger partial charge in [-0.15, -0.1) is 0 Å². The van der Waals surface area contributed by atoms with Crippen molar-refractivity contribution in [2.24, 2.45) is 0 Å². The molecule has 7 nitrogen and oxygen atoms in total. The number of nitrogens with zero attached hydrogens (tertiary/aromatic N) is 2. The molecule has 0 aliphatic rings. The Morgan fingerprint density at radius 2 is 2.12 bits per heavy atom. The predicted octanol–water partition coefficient (Wildman–Crippen LogP) is -0.201. The molecule has 1 heterocycles. The van der Waals surface area contributed by atoms with E-state index in [0.717, 1.165) is 6.26 Å². The molecule has 0 radical (unpaired) electrons. The zero-order chi connectivity index (χ0) is 13.1. The van der Waals surface area contributed by atoms with Crippen LogP contribution >= 0.6 is 0 Å². The fraction of sp³-hybridized carbons (Fsp3) is 0.556. The predicted molar refractivity (Wildman–Crippen MR) is 67.0 cm³/mol. The molecule has 0 unspecified atom stereocenters. The van der Waals surface area contributed by atoms with Crippen LogP contribution in [-0.4, -0.2) is 36.7 Å². The third-order valence-electron chi connectivity index (χ3n) is 1.85. The van der Waals surface area contributed by atoms with Crippen LogP contribution in [0.4, 0.5) is 11.8 Å². The summed E-state index contributed by atoms with van der Waals surface area (Å²) in [5.74, 6) is 0.727. The van der Waals surface area contributed by atoms with Crippen LogP contribution in [0, 0.1) is 0 Å². The van der Waals surface area contributed by atoms with Gasteiger partial charge in [-0.05, 0) is 19.9 Å². The van der Waals surface area contributed by atoms with E-state index in [9.17, 15) is 8.42 Å². The fourth-order valence-corrected chi connectivity index (χ4v) is 2.40. The summed E-state index contributed by atoms with van der Waals surface area (Å²) in [4.78, 5) is 7.71. The van der Waals surface area contributed by atoms with E-state index in [-0.39, 0.29) is 5.95 Å². The molecule has 96 valence electrons. The lowest BCUT2D eigenvalue weighted by Gasteiger charge is -2.25. The Balaban J connectivity index is 2.61. The minimum atomic E-state index is -3.24. The third-order valence-corrected chi connectivity index (χ3v) is 2.77. The standard InChI is InChI=1S/C9H17N5O2S/c1-9(2,14-17(3,15)16)6-12-7-4-5-11-8(10)13-7/h4-5,14H,6H2,1-3H3,(H3,10,11,12,13). The first-order valence-corrected chi connectivity index (χ1v) is 6.88. The average molecular weight is 259 g/mol. The van der Waals surface area contributed by atoms with Gasteiger partial charge in [0.1, 0.15) is 5.82 Å². The Kier molecular flexibility index (Phi) is 3.89. The molecule has 0 atom stereocenters. The Labute approximate surface area is 101 Å². The quantitative estimate of drug-likeness (QED) is 0.675. The number of nitrogens with two attached hydrogens (primary N) is 1. The van der Waals surface area contributed by atoms with Crippen LogP contribution < -0.4 is 15.8 Å². The molecule has 0 amide bonds. The molecule has 0 bridgehead atoms. The van der Waals surface area contributed by atoms with Gasteiger partial charge in [0.05, 0.1) is 6.26 Å². The van der Waals surface area contributed by atoms with Crippen molar-refractivity contribution in [2.75, 3.05) is 23.9 Å². The van der Waals surface area contributed by atoms with Crippen molar-refractivity contribution in [3.8, 4) is 0 Å². The number of hydrogen-bond acceptors (Lipinski definition) is 6. The Hall–Kier alpha value is -1.41. The maximum absolute atomic E-state index is 11.1. The first kappa shape index (κ1) is 13.7. The molecule has 0 fully saturated rings. The van der Waals surface area contributed by atoms with Gasteiger partial charge in [0.15, 0.2) is 0 Å². The molecule has 1 rings (SSSR count). The van der Waals surface area contributed by atoms with E-state index in [1.165, 1.54) is 6.20 Å². The summed E-state index contributed by atoms with van der Waals surface area (Å²) in [5, 5.41) is 2.99. The molecule has 17 heavy (non-hydrogen) atoms. The molecule has 0 saturated carbocycles. The van der Waals surface area contributed by atoms with Gasteiger partial charge in [-0.25, -0.2) is 18.1 Å². The van der Waals surface area contributed by atoms with Crippen LogP contribution in [0.2, 0.25) is 0 Å². The van der Waals surface area contributed by atoms with Gasteiger partial charge in [-0.3, -0.25) is 0 Å². The molecule has 0 aromatic carbocycles. The number of nitrogen functional groups attached to an aromatic ring is 1. The topological polar surface area (TPSA) is 110 Å². The molecular weight excluding hydrogens is 242 g/mol. The summed E-state index contributed by atoms with van der Waals surface area (Å²) in [6.45, 7) is 3.92. The van der Waals surface area contributed by atoms with Gasteiger partial charge in [-0.2, -0.15) is 4.98 Å². The van der Waals surface area contributed by atoms with Gasteiger partial charge in [0, 0.05) is 18.3 Å². The Morgan fingerprint density at radius 1 is 1.47 bits per heavy atom. The van der Waals surface area contributed by atoms with Crippen LogP contribution in [0.3, 0.4) is 0 Å². The van der Waals surface area contributed by atoms with Crippen LogP contribution in [0.5, 0.6) is 0 Å². The van der Waals surface area contributed by atoms with Crippen molar-refractivity contribution >= 4 is 21.8 Å². The highest BCUT2D eigenvalue weighted by atomic mass is 32.2. The maximum atomic E-state index is 11.1. The molecule has 0 aliphatic carbocycles. The molecule has 1 aromatic rings. The Morgan fingerprint density at radius 3 is 2.65 bits per heavy atom. The molecule has 0 spiro atoms. The van der Waals surface area contributed by atoms with Crippen molar-refractivity contribution in [1.29, 1.82) is 0 Å². The zero-order valence-electron chi connectivity index (χ0n) is 10.1. The summed E-state index contributed by atoms with van der Waals surface area (Å²) >= 11 is 0. The summed E-state index contributed by atoms with van der Waals surface area (Å²) in [5.41, 5.74) is 4.81. The van der Waals surface area contributed by atoms with Crippen LogP contribution in [0.25, 0.3) is 0 Å². The van der Waals surface area contributed by atoms with Gasteiger partial charge >= 0.3 is 0 Å². The lowest BCUT2D eigenvalue weighted by molar-refractivity contribution is 0.476. The minimum absolute atomic E-state index is 0.170.